The van der Waals surface area contributed by atoms with Gasteiger partial charge in [0, 0.05) is 25.4 Å². The molecule has 1 aromatic carbocycles. The first kappa shape index (κ1) is 12.1. The molecule has 0 aliphatic carbocycles. The second-order valence-electron chi connectivity index (χ2n) is 5.23. The molecular formula is C14H21N3. The summed E-state index contributed by atoms with van der Waals surface area (Å²) in [4.78, 5) is 4.66. The number of hydrogen-bond acceptors (Lipinski definition) is 2. The topological polar surface area (TPSA) is 43.8 Å². The van der Waals surface area contributed by atoms with Gasteiger partial charge in [-0.3, -0.25) is 0 Å². The highest BCUT2D eigenvalue weighted by Crippen LogP contribution is 2.25. The van der Waals surface area contributed by atoms with Gasteiger partial charge in [-0.05, 0) is 17.7 Å². The van der Waals surface area contributed by atoms with Crippen LogP contribution in [0.25, 0.3) is 11.0 Å². The highest BCUT2D eigenvalue weighted by Gasteiger charge is 2.19. The van der Waals surface area contributed by atoms with E-state index in [2.05, 4.69) is 55.6 Å². The molecule has 1 aromatic heterocycles. The molecule has 0 spiro atoms. The van der Waals surface area contributed by atoms with Crippen LogP contribution in [0.1, 0.15) is 32.2 Å². The standard InChI is InChI=1S/C14H21N3/c1-5-13-16-11-8-10(14(2,3)9-15)6-7-12(11)17(13)4/h6-8H,5,9,15H2,1-4H3. The molecule has 0 aliphatic rings. The van der Waals surface area contributed by atoms with Crippen molar-refractivity contribution in [1.29, 1.82) is 0 Å². The Balaban J connectivity index is 2.59. The summed E-state index contributed by atoms with van der Waals surface area (Å²) >= 11 is 0. The predicted octanol–water partition coefficient (Wildman–Crippen LogP) is 2.37. The van der Waals surface area contributed by atoms with E-state index in [0.717, 1.165) is 17.8 Å². The smallest absolute Gasteiger partial charge is 0.109 e. The maximum atomic E-state index is 5.82. The number of hydrogen-bond donors (Lipinski definition) is 1. The first-order valence-electron chi connectivity index (χ1n) is 6.15. The van der Waals surface area contributed by atoms with Crippen molar-refractivity contribution in [3.63, 3.8) is 0 Å². The van der Waals surface area contributed by atoms with E-state index in [1.807, 2.05) is 0 Å². The lowest BCUT2D eigenvalue weighted by Gasteiger charge is -2.22. The fourth-order valence-electron chi connectivity index (χ4n) is 2.10. The molecule has 2 aromatic rings. The lowest BCUT2D eigenvalue weighted by Crippen LogP contribution is -2.27. The van der Waals surface area contributed by atoms with Gasteiger partial charge >= 0.3 is 0 Å². The molecule has 3 heteroatoms. The molecule has 0 radical (unpaired) electrons. The highest BCUT2D eigenvalue weighted by molar-refractivity contribution is 5.77. The molecule has 0 saturated carbocycles. The van der Waals surface area contributed by atoms with Crippen LogP contribution in [0.2, 0.25) is 0 Å². The second kappa shape index (κ2) is 4.15. The van der Waals surface area contributed by atoms with Gasteiger partial charge in [0.15, 0.2) is 0 Å². The summed E-state index contributed by atoms with van der Waals surface area (Å²) in [5, 5.41) is 0. The number of nitrogens with zero attached hydrogens (tertiary/aromatic N) is 2. The molecule has 2 N–H and O–H groups in total. The summed E-state index contributed by atoms with van der Waals surface area (Å²) in [6, 6.07) is 6.48. The Bertz CT molecular complexity index is 538. The Labute approximate surface area is 103 Å². The predicted molar refractivity (Wildman–Crippen MR) is 72.2 cm³/mol. The van der Waals surface area contributed by atoms with Gasteiger partial charge in [-0.1, -0.05) is 26.8 Å². The van der Waals surface area contributed by atoms with E-state index in [1.165, 1.54) is 11.1 Å². The second-order valence-corrected chi connectivity index (χ2v) is 5.23. The van der Waals surface area contributed by atoms with Crippen LogP contribution in [0.3, 0.4) is 0 Å². The molecular weight excluding hydrogens is 210 g/mol. The van der Waals surface area contributed by atoms with Gasteiger partial charge in [0.05, 0.1) is 11.0 Å². The largest absolute Gasteiger partial charge is 0.331 e. The maximum Gasteiger partial charge on any atom is 0.109 e. The molecule has 0 bridgehead atoms. The van der Waals surface area contributed by atoms with E-state index in [0.29, 0.717) is 6.54 Å². The van der Waals surface area contributed by atoms with Crippen LogP contribution in [-0.4, -0.2) is 16.1 Å². The maximum absolute atomic E-state index is 5.82. The van der Waals surface area contributed by atoms with Crippen molar-refractivity contribution in [2.75, 3.05) is 6.54 Å². The van der Waals surface area contributed by atoms with E-state index < -0.39 is 0 Å². The Morgan fingerprint density at radius 3 is 2.65 bits per heavy atom. The van der Waals surface area contributed by atoms with Crippen molar-refractivity contribution < 1.29 is 0 Å². The van der Waals surface area contributed by atoms with Gasteiger partial charge in [0.2, 0.25) is 0 Å². The van der Waals surface area contributed by atoms with E-state index in [4.69, 9.17) is 5.73 Å². The normalized spacial score (nSPS) is 12.3. The third-order valence-corrected chi connectivity index (χ3v) is 3.58. The number of nitrogens with two attached hydrogens (primary N) is 1. The molecule has 2 rings (SSSR count). The molecule has 0 unspecified atom stereocenters. The van der Waals surface area contributed by atoms with E-state index in [-0.39, 0.29) is 5.41 Å². The van der Waals surface area contributed by atoms with E-state index in [1.54, 1.807) is 0 Å². The fourth-order valence-corrected chi connectivity index (χ4v) is 2.10. The van der Waals surface area contributed by atoms with Crippen molar-refractivity contribution in [3.05, 3.63) is 29.6 Å². The molecule has 1 heterocycles. The molecule has 92 valence electrons. The molecule has 0 fully saturated rings. The number of aromatic nitrogens is 2. The first-order valence-corrected chi connectivity index (χ1v) is 6.15. The van der Waals surface area contributed by atoms with Crippen LogP contribution in [-0.2, 0) is 18.9 Å². The molecule has 0 saturated heterocycles. The molecule has 17 heavy (non-hydrogen) atoms. The Hall–Kier alpha value is -1.35. The summed E-state index contributed by atoms with van der Waals surface area (Å²) in [7, 11) is 2.07. The number of rotatable bonds is 3. The Morgan fingerprint density at radius 2 is 2.06 bits per heavy atom. The van der Waals surface area contributed by atoms with E-state index >= 15 is 0 Å². The Morgan fingerprint density at radius 1 is 1.35 bits per heavy atom. The zero-order chi connectivity index (χ0) is 12.6. The van der Waals surface area contributed by atoms with Gasteiger partial charge in [-0.25, -0.2) is 4.98 Å². The van der Waals surface area contributed by atoms with Gasteiger partial charge in [0.25, 0.3) is 0 Å². The average molecular weight is 231 g/mol. The van der Waals surface area contributed by atoms with Crippen molar-refractivity contribution in [1.82, 2.24) is 9.55 Å². The summed E-state index contributed by atoms with van der Waals surface area (Å²) < 4.78 is 2.16. The first-order chi connectivity index (χ1) is 7.99. The fraction of sp³-hybridized carbons (Fsp3) is 0.500. The van der Waals surface area contributed by atoms with Crippen LogP contribution >= 0.6 is 0 Å². The third-order valence-electron chi connectivity index (χ3n) is 3.58. The van der Waals surface area contributed by atoms with Crippen molar-refractivity contribution in [2.45, 2.75) is 32.6 Å². The van der Waals surface area contributed by atoms with Crippen molar-refractivity contribution in [2.24, 2.45) is 12.8 Å². The summed E-state index contributed by atoms with van der Waals surface area (Å²) in [6.45, 7) is 7.10. The molecule has 0 amide bonds. The van der Waals surface area contributed by atoms with Crippen LogP contribution in [0.15, 0.2) is 18.2 Å². The highest BCUT2D eigenvalue weighted by atomic mass is 15.1. The van der Waals surface area contributed by atoms with Crippen LogP contribution in [0.5, 0.6) is 0 Å². The van der Waals surface area contributed by atoms with Gasteiger partial charge in [0.1, 0.15) is 5.82 Å². The van der Waals surface area contributed by atoms with Crippen LogP contribution < -0.4 is 5.73 Å². The van der Waals surface area contributed by atoms with Gasteiger partial charge in [-0.15, -0.1) is 0 Å². The lowest BCUT2D eigenvalue weighted by molar-refractivity contribution is 0.539. The summed E-state index contributed by atoms with van der Waals surface area (Å²) in [5.41, 5.74) is 9.35. The van der Waals surface area contributed by atoms with Gasteiger partial charge < -0.3 is 10.3 Å². The molecule has 0 atom stereocenters. The van der Waals surface area contributed by atoms with Crippen LogP contribution in [0.4, 0.5) is 0 Å². The minimum Gasteiger partial charge on any atom is -0.331 e. The zero-order valence-corrected chi connectivity index (χ0v) is 11.1. The number of imidazole rings is 1. The average Bonchev–Trinajstić information content (AvgIpc) is 2.65. The lowest BCUT2D eigenvalue weighted by atomic mass is 9.85. The Kier molecular flexibility index (Phi) is 2.96. The van der Waals surface area contributed by atoms with Crippen LogP contribution in [0, 0.1) is 0 Å². The SMILES string of the molecule is CCc1nc2cc(C(C)(C)CN)ccc2n1C. The summed E-state index contributed by atoms with van der Waals surface area (Å²) in [5.74, 6) is 1.13. The molecule has 3 nitrogen and oxygen atoms in total. The monoisotopic (exact) mass is 231 g/mol. The minimum absolute atomic E-state index is 0.0120. The minimum atomic E-state index is 0.0120. The zero-order valence-electron chi connectivity index (χ0n) is 11.1. The van der Waals surface area contributed by atoms with E-state index in [9.17, 15) is 0 Å². The third kappa shape index (κ3) is 1.95. The number of benzene rings is 1. The number of aryl methyl sites for hydroxylation is 2. The summed E-state index contributed by atoms with van der Waals surface area (Å²) in [6.07, 6.45) is 0.959. The molecule has 0 aliphatic heterocycles. The van der Waals surface area contributed by atoms with Crippen molar-refractivity contribution >= 4 is 11.0 Å². The number of fused-ring (bicyclic) bond motifs is 1. The quantitative estimate of drug-likeness (QED) is 0.881. The van der Waals surface area contributed by atoms with Gasteiger partial charge in [-0.2, -0.15) is 0 Å². The van der Waals surface area contributed by atoms with Crippen molar-refractivity contribution in [3.8, 4) is 0 Å².